The number of nitrogens with zero attached hydrogens (tertiary/aromatic N) is 2. The average Bonchev–Trinajstić information content (AvgIpc) is 2.72. The van der Waals surface area contributed by atoms with Gasteiger partial charge in [0.1, 0.15) is 0 Å². The molecular formula is C13H28N2O3. The van der Waals surface area contributed by atoms with Crippen molar-refractivity contribution in [2.75, 3.05) is 46.4 Å². The average molecular weight is 260 g/mol. The van der Waals surface area contributed by atoms with Crippen LogP contribution in [0.1, 0.15) is 32.6 Å². The summed E-state index contributed by atoms with van der Waals surface area (Å²) in [5, 5.41) is 17.3. The highest BCUT2D eigenvalue weighted by Crippen LogP contribution is 2.04. The minimum atomic E-state index is 0.184. The Morgan fingerprint density at radius 3 is 2.11 bits per heavy atom. The van der Waals surface area contributed by atoms with E-state index < -0.39 is 0 Å². The van der Waals surface area contributed by atoms with Gasteiger partial charge in [0, 0.05) is 33.1 Å². The second kappa shape index (κ2) is 11.4. The van der Waals surface area contributed by atoms with E-state index in [1.807, 2.05) is 7.05 Å². The summed E-state index contributed by atoms with van der Waals surface area (Å²) in [6.07, 6.45) is 4.11. The number of unbranched alkanes of at least 4 members (excludes halogenated alkanes) is 1. The van der Waals surface area contributed by atoms with Gasteiger partial charge in [0.15, 0.2) is 0 Å². The van der Waals surface area contributed by atoms with Crippen LogP contribution in [0.15, 0.2) is 0 Å². The van der Waals surface area contributed by atoms with Gasteiger partial charge in [-0.3, -0.25) is 9.69 Å². The third-order valence-electron chi connectivity index (χ3n) is 2.97. The molecule has 1 amide bonds. The monoisotopic (exact) mass is 260 g/mol. The Labute approximate surface area is 110 Å². The molecule has 5 heteroatoms. The first-order valence-electron chi connectivity index (χ1n) is 6.83. The zero-order chi connectivity index (χ0) is 13.8. The van der Waals surface area contributed by atoms with Crippen molar-refractivity contribution in [3.05, 3.63) is 0 Å². The molecule has 0 aromatic carbocycles. The Morgan fingerprint density at radius 2 is 1.83 bits per heavy atom. The molecule has 1 aliphatic rings. The van der Waals surface area contributed by atoms with Gasteiger partial charge in [0.05, 0.1) is 13.2 Å². The molecule has 1 aliphatic heterocycles. The van der Waals surface area contributed by atoms with E-state index in [1.54, 1.807) is 4.90 Å². The molecule has 108 valence electrons. The SMILES string of the molecule is CCCCN(CCO)CCO.CN1CCCC1=O. The maximum atomic E-state index is 10.5. The lowest BCUT2D eigenvalue weighted by Gasteiger charge is -2.19. The predicted octanol–water partition coefficient (Wildman–Crippen LogP) is 0.312. The summed E-state index contributed by atoms with van der Waals surface area (Å²) >= 11 is 0. The normalized spacial score (nSPS) is 14.9. The van der Waals surface area contributed by atoms with Crippen molar-refractivity contribution in [3.8, 4) is 0 Å². The molecule has 1 heterocycles. The van der Waals surface area contributed by atoms with Crippen molar-refractivity contribution in [2.45, 2.75) is 32.6 Å². The highest BCUT2D eigenvalue weighted by Gasteiger charge is 2.14. The Morgan fingerprint density at radius 1 is 1.22 bits per heavy atom. The smallest absolute Gasteiger partial charge is 0.222 e. The number of rotatable bonds is 7. The van der Waals surface area contributed by atoms with Crippen molar-refractivity contribution in [2.24, 2.45) is 0 Å². The first-order valence-corrected chi connectivity index (χ1v) is 6.83. The molecule has 0 saturated carbocycles. The summed E-state index contributed by atoms with van der Waals surface area (Å²) in [6, 6.07) is 0. The van der Waals surface area contributed by atoms with Crippen LogP contribution in [0.5, 0.6) is 0 Å². The summed E-state index contributed by atoms with van der Waals surface area (Å²) in [5.74, 6) is 0.292. The van der Waals surface area contributed by atoms with Gasteiger partial charge in [-0.1, -0.05) is 13.3 Å². The van der Waals surface area contributed by atoms with Crippen molar-refractivity contribution in [1.29, 1.82) is 0 Å². The highest BCUT2D eigenvalue weighted by molar-refractivity contribution is 5.77. The zero-order valence-corrected chi connectivity index (χ0v) is 11.8. The Hall–Kier alpha value is -0.650. The maximum Gasteiger partial charge on any atom is 0.222 e. The van der Waals surface area contributed by atoms with E-state index in [4.69, 9.17) is 10.2 Å². The first kappa shape index (κ1) is 17.4. The minimum Gasteiger partial charge on any atom is -0.395 e. The van der Waals surface area contributed by atoms with E-state index in [1.165, 1.54) is 0 Å². The van der Waals surface area contributed by atoms with Crippen LogP contribution < -0.4 is 0 Å². The molecule has 5 nitrogen and oxygen atoms in total. The summed E-state index contributed by atoms with van der Waals surface area (Å²) in [4.78, 5) is 14.3. The standard InChI is InChI=1S/C8H19NO2.C5H9NO/c1-2-3-4-9(5-7-10)6-8-11;1-6-4-2-3-5(6)7/h10-11H,2-8H2,1H3;2-4H2,1H3. The molecule has 0 bridgehead atoms. The number of amides is 1. The molecule has 1 fully saturated rings. The molecule has 1 rings (SSSR count). The van der Waals surface area contributed by atoms with E-state index in [9.17, 15) is 4.79 Å². The number of aliphatic hydroxyl groups excluding tert-OH is 2. The third kappa shape index (κ3) is 8.44. The van der Waals surface area contributed by atoms with Crippen LogP contribution in [0, 0.1) is 0 Å². The van der Waals surface area contributed by atoms with Crippen LogP contribution in [-0.4, -0.2) is 72.4 Å². The predicted molar refractivity (Wildman–Crippen MR) is 72.4 cm³/mol. The molecular weight excluding hydrogens is 232 g/mol. The summed E-state index contributed by atoms with van der Waals surface area (Å²) in [7, 11) is 1.84. The fourth-order valence-electron chi connectivity index (χ4n) is 1.78. The van der Waals surface area contributed by atoms with Crippen LogP contribution in [0.4, 0.5) is 0 Å². The maximum absolute atomic E-state index is 10.5. The Bertz CT molecular complexity index is 206. The summed E-state index contributed by atoms with van der Waals surface area (Å²) < 4.78 is 0. The number of carbonyl (C=O) groups is 1. The lowest BCUT2D eigenvalue weighted by Crippen LogP contribution is -2.30. The zero-order valence-electron chi connectivity index (χ0n) is 11.8. The largest absolute Gasteiger partial charge is 0.395 e. The van der Waals surface area contributed by atoms with E-state index in [0.717, 1.165) is 38.8 Å². The number of likely N-dealkylation sites (tertiary alicyclic amines) is 1. The molecule has 0 aromatic heterocycles. The quantitative estimate of drug-likeness (QED) is 0.691. The molecule has 0 unspecified atom stereocenters. The van der Waals surface area contributed by atoms with Crippen molar-refractivity contribution in [1.82, 2.24) is 9.80 Å². The van der Waals surface area contributed by atoms with Gasteiger partial charge >= 0.3 is 0 Å². The molecule has 0 spiro atoms. The second-order valence-electron chi connectivity index (χ2n) is 4.56. The molecule has 0 aliphatic carbocycles. The van der Waals surface area contributed by atoms with Gasteiger partial charge in [-0.25, -0.2) is 0 Å². The minimum absolute atomic E-state index is 0.184. The van der Waals surface area contributed by atoms with E-state index in [2.05, 4.69) is 11.8 Å². The Kier molecular flexibility index (Phi) is 11.0. The number of hydrogen-bond donors (Lipinski definition) is 2. The number of aliphatic hydroxyl groups is 2. The van der Waals surface area contributed by atoms with Crippen molar-refractivity contribution in [3.63, 3.8) is 0 Å². The lowest BCUT2D eigenvalue weighted by molar-refractivity contribution is -0.126. The number of hydrogen-bond acceptors (Lipinski definition) is 4. The molecule has 1 saturated heterocycles. The van der Waals surface area contributed by atoms with E-state index in [0.29, 0.717) is 19.0 Å². The third-order valence-corrected chi connectivity index (χ3v) is 2.97. The van der Waals surface area contributed by atoms with Gasteiger partial charge in [0.2, 0.25) is 5.91 Å². The fraction of sp³-hybridized carbons (Fsp3) is 0.923. The second-order valence-corrected chi connectivity index (χ2v) is 4.56. The van der Waals surface area contributed by atoms with Crippen LogP contribution in [-0.2, 0) is 4.79 Å². The van der Waals surface area contributed by atoms with Gasteiger partial charge < -0.3 is 15.1 Å². The van der Waals surface area contributed by atoms with Crippen molar-refractivity contribution < 1.29 is 15.0 Å². The number of carbonyl (C=O) groups excluding carboxylic acids is 1. The highest BCUT2D eigenvalue weighted by atomic mass is 16.3. The van der Waals surface area contributed by atoms with Crippen LogP contribution in [0.2, 0.25) is 0 Å². The van der Waals surface area contributed by atoms with Gasteiger partial charge in [0.25, 0.3) is 0 Å². The molecule has 0 aromatic rings. The van der Waals surface area contributed by atoms with Crippen LogP contribution in [0.25, 0.3) is 0 Å². The van der Waals surface area contributed by atoms with Gasteiger partial charge in [-0.05, 0) is 19.4 Å². The first-order chi connectivity index (χ1) is 8.65. The molecule has 2 N–H and O–H groups in total. The molecule has 0 atom stereocenters. The van der Waals surface area contributed by atoms with E-state index >= 15 is 0 Å². The summed E-state index contributed by atoms with van der Waals surface area (Å²) in [5.41, 5.74) is 0. The van der Waals surface area contributed by atoms with Gasteiger partial charge in [-0.2, -0.15) is 0 Å². The van der Waals surface area contributed by atoms with Crippen LogP contribution >= 0.6 is 0 Å². The Balaban J connectivity index is 0.000000351. The van der Waals surface area contributed by atoms with Crippen LogP contribution in [0.3, 0.4) is 0 Å². The van der Waals surface area contributed by atoms with Gasteiger partial charge in [-0.15, -0.1) is 0 Å². The van der Waals surface area contributed by atoms with E-state index in [-0.39, 0.29) is 13.2 Å². The fourth-order valence-corrected chi connectivity index (χ4v) is 1.78. The summed E-state index contributed by atoms with van der Waals surface area (Å²) in [6.45, 7) is 5.81. The van der Waals surface area contributed by atoms with Crippen molar-refractivity contribution >= 4 is 5.91 Å². The molecule has 0 radical (unpaired) electrons. The topological polar surface area (TPSA) is 64.0 Å². The molecule has 18 heavy (non-hydrogen) atoms. The lowest BCUT2D eigenvalue weighted by atomic mass is 10.3.